The minimum Gasteiger partial charge on any atom is -0.507 e. The average Bonchev–Trinajstić information content (AvgIpc) is 3.32. The van der Waals surface area contributed by atoms with E-state index in [9.17, 15) is 14.7 Å². The Kier molecular flexibility index (Phi) is 5.90. The van der Waals surface area contributed by atoms with Gasteiger partial charge >= 0.3 is 5.91 Å². The summed E-state index contributed by atoms with van der Waals surface area (Å²) in [5.41, 5.74) is 1.74. The zero-order valence-electron chi connectivity index (χ0n) is 16.6. The van der Waals surface area contributed by atoms with Crippen LogP contribution in [0.25, 0.3) is 16.0 Å². The molecule has 1 saturated heterocycles. The Morgan fingerprint density at radius 3 is 2.33 bits per heavy atom. The topological polar surface area (TPSA) is 70.5 Å². The van der Waals surface area contributed by atoms with Gasteiger partial charge in [-0.2, -0.15) is 0 Å². The summed E-state index contributed by atoms with van der Waals surface area (Å²) in [5, 5.41) is 12.5. The second-order valence-electron chi connectivity index (χ2n) is 7.34. The third-order valence-electron chi connectivity index (χ3n) is 5.29. The SMILES string of the molecule is O=C1C(=O)N(c2nc3ccc(Cl)cc3s2)C(c2ccc(I)cc2)/C1=C(\O)c1ccc(Cl)cc1. The molecule has 0 bridgehead atoms. The molecule has 9 heteroatoms. The first-order valence-electron chi connectivity index (χ1n) is 9.72. The zero-order chi connectivity index (χ0) is 23.3. The summed E-state index contributed by atoms with van der Waals surface area (Å²) in [5.74, 6) is -1.79. The van der Waals surface area contributed by atoms with Crippen molar-refractivity contribution >= 4 is 89.9 Å². The van der Waals surface area contributed by atoms with Crippen molar-refractivity contribution in [2.45, 2.75) is 6.04 Å². The van der Waals surface area contributed by atoms with Crippen molar-refractivity contribution in [3.63, 3.8) is 0 Å². The first-order valence-corrected chi connectivity index (χ1v) is 12.4. The van der Waals surface area contributed by atoms with Crippen LogP contribution >= 0.6 is 57.1 Å². The molecule has 1 aliphatic rings. The molecule has 0 spiro atoms. The van der Waals surface area contributed by atoms with Crippen molar-refractivity contribution in [2.75, 3.05) is 4.90 Å². The molecule has 1 unspecified atom stereocenters. The third-order valence-corrected chi connectivity index (χ3v) is 7.52. The third kappa shape index (κ3) is 4.03. The molecule has 5 rings (SSSR count). The Morgan fingerprint density at radius 2 is 1.64 bits per heavy atom. The number of carbonyl (C=O) groups excluding carboxylic acids is 2. The summed E-state index contributed by atoms with van der Waals surface area (Å²) < 4.78 is 1.79. The number of ketones is 1. The minimum absolute atomic E-state index is 0.000758. The number of hydrogen-bond donors (Lipinski definition) is 1. The van der Waals surface area contributed by atoms with Crippen LogP contribution in [0.1, 0.15) is 17.2 Å². The van der Waals surface area contributed by atoms with Gasteiger partial charge in [0.1, 0.15) is 5.76 Å². The van der Waals surface area contributed by atoms with Crippen molar-refractivity contribution in [1.29, 1.82) is 0 Å². The fraction of sp³-hybridized carbons (Fsp3) is 0.0417. The Morgan fingerprint density at radius 1 is 0.970 bits per heavy atom. The van der Waals surface area contributed by atoms with Crippen molar-refractivity contribution in [3.8, 4) is 0 Å². The number of anilines is 1. The molecule has 0 saturated carbocycles. The lowest BCUT2D eigenvalue weighted by atomic mass is 9.95. The van der Waals surface area contributed by atoms with Crippen molar-refractivity contribution in [1.82, 2.24) is 4.98 Å². The van der Waals surface area contributed by atoms with Crippen LogP contribution in [-0.4, -0.2) is 21.8 Å². The molecule has 1 N–H and O–H groups in total. The van der Waals surface area contributed by atoms with E-state index in [1.165, 1.54) is 16.2 Å². The maximum atomic E-state index is 13.2. The molecule has 33 heavy (non-hydrogen) atoms. The van der Waals surface area contributed by atoms with E-state index in [0.29, 0.717) is 31.8 Å². The quantitative estimate of drug-likeness (QED) is 0.120. The van der Waals surface area contributed by atoms with Gasteiger partial charge in [-0.05, 0) is 82.8 Å². The number of Topliss-reactive ketones (excluding diaryl/α,β-unsaturated/α-hetero) is 1. The first kappa shape index (κ1) is 22.3. The van der Waals surface area contributed by atoms with Crippen LogP contribution in [0.4, 0.5) is 5.13 Å². The van der Waals surface area contributed by atoms with E-state index in [2.05, 4.69) is 27.6 Å². The molecule has 1 amide bonds. The van der Waals surface area contributed by atoms with Crippen LogP contribution in [0.5, 0.6) is 0 Å². The number of carbonyl (C=O) groups is 2. The average molecular weight is 607 g/mol. The van der Waals surface area contributed by atoms with Gasteiger partial charge in [0.15, 0.2) is 5.13 Å². The highest BCUT2D eigenvalue weighted by molar-refractivity contribution is 14.1. The van der Waals surface area contributed by atoms with Crippen LogP contribution in [0.2, 0.25) is 10.0 Å². The minimum atomic E-state index is -0.839. The Balaban J connectivity index is 1.73. The van der Waals surface area contributed by atoms with Gasteiger partial charge in [-0.25, -0.2) is 4.98 Å². The van der Waals surface area contributed by atoms with Gasteiger partial charge < -0.3 is 5.11 Å². The number of nitrogens with zero attached hydrogens (tertiary/aromatic N) is 2. The van der Waals surface area contributed by atoms with Gasteiger partial charge in [0.25, 0.3) is 5.78 Å². The lowest BCUT2D eigenvalue weighted by Crippen LogP contribution is -2.29. The predicted molar refractivity (Wildman–Crippen MR) is 140 cm³/mol. The maximum Gasteiger partial charge on any atom is 0.301 e. The highest BCUT2D eigenvalue weighted by atomic mass is 127. The van der Waals surface area contributed by atoms with E-state index in [0.717, 1.165) is 8.27 Å². The maximum absolute atomic E-state index is 13.2. The zero-order valence-corrected chi connectivity index (χ0v) is 21.1. The number of aliphatic hydroxyl groups excluding tert-OH is 1. The van der Waals surface area contributed by atoms with E-state index < -0.39 is 17.7 Å². The Labute approximate surface area is 216 Å². The Bertz CT molecular complexity index is 1450. The number of hydrogen-bond acceptors (Lipinski definition) is 5. The number of aromatic nitrogens is 1. The summed E-state index contributed by atoms with van der Waals surface area (Å²) in [6.07, 6.45) is 0. The number of aliphatic hydroxyl groups is 1. The van der Waals surface area contributed by atoms with E-state index in [-0.39, 0.29) is 11.3 Å². The Hall–Kier alpha value is -2.46. The van der Waals surface area contributed by atoms with Crippen LogP contribution in [-0.2, 0) is 9.59 Å². The molecular formula is C24H13Cl2IN2O3S. The lowest BCUT2D eigenvalue weighted by molar-refractivity contribution is -0.132. The molecular weight excluding hydrogens is 594 g/mol. The molecule has 164 valence electrons. The highest BCUT2D eigenvalue weighted by Crippen LogP contribution is 2.44. The van der Waals surface area contributed by atoms with Gasteiger partial charge in [-0.15, -0.1) is 0 Å². The molecule has 0 aliphatic carbocycles. The second-order valence-corrected chi connectivity index (χ2v) is 10.5. The molecule has 1 aliphatic heterocycles. The predicted octanol–water partition coefficient (Wildman–Crippen LogP) is 6.83. The molecule has 3 aromatic carbocycles. The molecule has 2 heterocycles. The monoisotopic (exact) mass is 606 g/mol. The molecule has 1 fully saturated rings. The summed E-state index contributed by atoms with van der Waals surface area (Å²) in [4.78, 5) is 32.4. The van der Waals surface area contributed by atoms with Crippen molar-refractivity contribution in [2.24, 2.45) is 0 Å². The number of thiazole rings is 1. The van der Waals surface area contributed by atoms with Crippen LogP contribution in [0.15, 0.2) is 72.3 Å². The summed E-state index contributed by atoms with van der Waals surface area (Å²) in [6, 6.07) is 18.3. The molecule has 0 radical (unpaired) electrons. The van der Waals surface area contributed by atoms with Gasteiger partial charge in [0, 0.05) is 19.2 Å². The van der Waals surface area contributed by atoms with Crippen molar-refractivity contribution < 1.29 is 14.7 Å². The molecule has 1 aromatic heterocycles. The molecule has 4 aromatic rings. The normalized spacial score (nSPS) is 17.8. The number of amides is 1. The van der Waals surface area contributed by atoms with Crippen LogP contribution in [0, 0.1) is 3.57 Å². The number of benzene rings is 3. The van der Waals surface area contributed by atoms with E-state index in [1.807, 2.05) is 24.3 Å². The van der Waals surface area contributed by atoms with E-state index >= 15 is 0 Å². The lowest BCUT2D eigenvalue weighted by Gasteiger charge is -2.23. The summed E-state index contributed by atoms with van der Waals surface area (Å²) in [6.45, 7) is 0. The standard InChI is InChI=1S/C24H13Cl2IN2O3S/c25-14-5-1-13(2-6-14)21(30)19-20(12-3-8-16(27)9-4-12)29(23(32)22(19)31)24-28-17-10-7-15(26)11-18(17)33-24/h1-11,20,30H/b21-19+. The number of fused-ring (bicyclic) bond motifs is 1. The van der Waals surface area contributed by atoms with E-state index in [1.54, 1.807) is 42.5 Å². The number of halogens is 3. The molecule has 5 nitrogen and oxygen atoms in total. The smallest absolute Gasteiger partial charge is 0.301 e. The first-order chi connectivity index (χ1) is 15.8. The van der Waals surface area contributed by atoms with Gasteiger partial charge in [0.2, 0.25) is 0 Å². The van der Waals surface area contributed by atoms with Gasteiger partial charge in [0.05, 0.1) is 21.8 Å². The van der Waals surface area contributed by atoms with Gasteiger partial charge in [-0.1, -0.05) is 46.7 Å². The van der Waals surface area contributed by atoms with Crippen molar-refractivity contribution in [3.05, 3.63) is 97.0 Å². The molecule has 1 atom stereocenters. The summed E-state index contributed by atoms with van der Waals surface area (Å²) >= 11 is 15.5. The largest absolute Gasteiger partial charge is 0.507 e. The fourth-order valence-corrected chi connectivity index (χ4v) is 5.50. The van der Waals surface area contributed by atoms with Crippen LogP contribution < -0.4 is 4.90 Å². The number of rotatable bonds is 3. The fourth-order valence-electron chi connectivity index (χ4n) is 3.74. The second kappa shape index (κ2) is 8.72. The summed E-state index contributed by atoms with van der Waals surface area (Å²) in [7, 11) is 0. The highest BCUT2D eigenvalue weighted by Gasteiger charge is 2.48. The van der Waals surface area contributed by atoms with Gasteiger partial charge in [-0.3, -0.25) is 14.5 Å². The van der Waals surface area contributed by atoms with Crippen LogP contribution in [0.3, 0.4) is 0 Å². The van der Waals surface area contributed by atoms with E-state index in [4.69, 9.17) is 23.2 Å².